The SMILES string of the molecule is CCSCC(Cc1nccn1CC)NC. The molecule has 1 aromatic rings. The lowest BCUT2D eigenvalue weighted by atomic mass is 10.2. The molecule has 4 heteroatoms. The molecule has 1 rings (SSSR count). The van der Waals surface area contributed by atoms with Gasteiger partial charge in [-0.15, -0.1) is 0 Å². The van der Waals surface area contributed by atoms with E-state index in [0.29, 0.717) is 6.04 Å². The minimum atomic E-state index is 0.530. The molecule has 0 aliphatic carbocycles. The van der Waals surface area contributed by atoms with E-state index in [4.69, 9.17) is 0 Å². The normalized spacial score (nSPS) is 13.0. The lowest BCUT2D eigenvalue weighted by Gasteiger charge is -2.15. The molecule has 1 unspecified atom stereocenters. The molecule has 0 amide bonds. The molecule has 0 radical (unpaired) electrons. The van der Waals surface area contributed by atoms with Crippen molar-refractivity contribution in [1.82, 2.24) is 14.9 Å². The van der Waals surface area contributed by atoms with E-state index in [9.17, 15) is 0 Å². The predicted molar refractivity (Wildman–Crippen MR) is 67.5 cm³/mol. The molecule has 1 aromatic heterocycles. The lowest BCUT2D eigenvalue weighted by molar-refractivity contribution is 0.573. The second-order valence-corrected chi connectivity index (χ2v) is 4.80. The number of hydrogen-bond acceptors (Lipinski definition) is 3. The molecule has 0 aliphatic heterocycles. The molecule has 0 spiro atoms. The number of rotatable bonds is 7. The number of thioether (sulfide) groups is 1. The first-order valence-corrected chi connectivity index (χ1v) is 6.72. The van der Waals surface area contributed by atoms with Crippen molar-refractivity contribution < 1.29 is 0 Å². The van der Waals surface area contributed by atoms with Crippen LogP contribution in [0.15, 0.2) is 12.4 Å². The Morgan fingerprint density at radius 2 is 2.33 bits per heavy atom. The molecular formula is C11H21N3S. The van der Waals surface area contributed by atoms with Gasteiger partial charge < -0.3 is 9.88 Å². The van der Waals surface area contributed by atoms with E-state index in [2.05, 4.69) is 34.9 Å². The molecule has 0 aromatic carbocycles. The Morgan fingerprint density at radius 1 is 1.53 bits per heavy atom. The Hall–Kier alpha value is -0.480. The van der Waals surface area contributed by atoms with Gasteiger partial charge in [-0.3, -0.25) is 0 Å². The fourth-order valence-electron chi connectivity index (χ4n) is 1.54. The van der Waals surface area contributed by atoms with E-state index in [1.54, 1.807) is 0 Å². The first kappa shape index (κ1) is 12.6. The summed E-state index contributed by atoms with van der Waals surface area (Å²) in [4.78, 5) is 4.40. The fourth-order valence-corrected chi connectivity index (χ4v) is 2.35. The highest BCUT2D eigenvalue weighted by atomic mass is 32.2. The van der Waals surface area contributed by atoms with Crippen molar-refractivity contribution in [2.45, 2.75) is 32.9 Å². The van der Waals surface area contributed by atoms with Crippen molar-refractivity contribution in [3.05, 3.63) is 18.2 Å². The van der Waals surface area contributed by atoms with Gasteiger partial charge in [0.05, 0.1) is 0 Å². The molecule has 0 aliphatic rings. The standard InChI is InChI=1S/C11H21N3S/c1-4-14-7-6-13-11(14)8-10(12-3)9-15-5-2/h6-7,10,12H,4-5,8-9H2,1-3H3. The van der Waals surface area contributed by atoms with Gasteiger partial charge in [0.1, 0.15) is 5.82 Å². The Morgan fingerprint density at radius 3 is 2.93 bits per heavy atom. The smallest absolute Gasteiger partial charge is 0.110 e. The number of hydrogen-bond donors (Lipinski definition) is 1. The van der Waals surface area contributed by atoms with Gasteiger partial charge in [-0.1, -0.05) is 6.92 Å². The summed E-state index contributed by atoms with van der Waals surface area (Å²) in [5.41, 5.74) is 0. The van der Waals surface area contributed by atoms with E-state index in [1.165, 1.54) is 11.6 Å². The summed E-state index contributed by atoms with van der Waals surface area (Å²) < 4.78 is 2.21. The summed E-state index contributed by atoms with van der Waals surface area (Å²) in [6.07, 6.45) is 4.96. The van der Waals surface area contributed by atoms with Crippen LogP contribution in [0.2, 0.25) is 0 Å². The van der Waals surface area contributed by atoms with E-state index >= 15 is 0 Å². The van der Waals surface area contributed by atoms with Gasteiger partial charge in [0.2, 0.25) is 0 Å². The maximum absolute atomic E-state index is 4.40. The minimum absolute atomic E-state index is 0.530. The largest absolute Gasteiger partial charge is 0.335 e. The summed E-state index contributed by atoms with van der Waals surface area (Å²) in [5, 5.41) is 3.35. The van der Waals surface area contributed by atoms with Crippen LogP contribution in [-0.2, 0) is 13.0 Å². The second-order valence-electron chi connectivity index (χ2n) is 3.48. The highest BCUT2D eigenvalue weighted by Crippen LogP contribution is 2.07. The van der Waals surface area contributed by atoms with Gasteiger partial charge in [-0.05, 0) is 19.7 Å². The van der Waals surface area contributed by atoms with Crippen LogP contribution in [0.1, 0.15) is 19.7 Å². The number of nitrogens with zero attached hydrogens (tertiary/aromatic N) is 2. The molecule has 1 atom stereocenters. The quantitative estimate of drug-likeness (QED) is 0.770. The zero-order valence-corrected chi connectivity index (χ0v) is 10.7. The Bertz CT molecular complexity index is 273. The highest BCUT2D eigenvalue weighted by molar-refractivity contribution is 7.99. The van der Waals surface area contributed by atoms with Gasteiger partial charge in [-0.25, -0.2) is 4.98 Å². The third-order valence-electron chi connectivity index (χ3n) is 2.50. The number of aryl methyl sites for hydroxylation is 1. The molecule has 1 heterocycles. The van der Waals surface area contributed by atoms with Crippen molar-refractivity contribution >= 4 is 11.8 Å². The second kappa shape index (κ2) is 6.90. The van der Waals surface area contributed by atoms with Crippen LogP contribution in [0.4, 0.5) is 0 Å². The monoisotopic (exact) mass is 227 g/mol. The number of imidazole rings is 1. The molecule has 0 saturated carbocycles. The van der Waals surface area contributed by atoms with Crippen LogP contribution in [0.3, 0.4) is 0 Å². The van der Waals surface area contributed by atoms with Crippen LogP contribution >= 0.6 is 11.8 Å². The maximum atomic E-state index is 4.40. The van der Waals surface area contributed by atoms with Crippen LogP contribution in [0, 0.1) is 0 Å². The van der Waals surface area contributed by atoms with E-state index in [0.717, 1.165) is 18.7 Å². The zero-order valence-electron chi connectivity index (χ0n) is 9.86. The average molecular weight is 227 g/mol. The molecular weight excluding hydrogens is 206 g/mol. The Balaban J connectivity index is 2.50. The first-order valence-electron chi connectivity index (χ1n) is 5.56. The zero-order chi connectivity index (χ0) is 11.1. The summed E-state index contributed by atoms with van der Waals surface area (Å²) in [5.74, 6) is 3.53. The first-order chi connectivity index (χ1) is 7.31. The van der Waals surface area contributed by atoms with Crippen LogP contribution in [-0.4, -0.2) is 34.1 Å². The average Bonchev–Trinajstić information content (AvgIpc) is 2.71. The molecule has 15 heavy (non-hydrogen) atoms. The van der Waals surface area contributed by atoms with Crippen molar-refractivity contribution in [2.75, 3.05) is 18.6 Å². The Labute approximate surface area is 96.7 Å². The molecule has 0 bridgehead atoms. The lowest BCUT2D eigenvalue weighted by Crippen LogP contribution is -2.31. The fraction of sp³-hybridized carbons (Fsp3) is 0.727. The highest BCUT2D eigenvalue weighted by Gasteiger charge is 2.10. The van der Waals surface area contributed by atoms with E-state index in [-0.39, 0.29) is 0 Å². The van der Waals surface area contributed by atoms with Gasteiger partial charge in [0.15, 0.2) is 0 Å². The van der Waals surface area contributed by atoms with Crippen LogP contribution < -0.4 is 5.32 Å². The van der Waals surface area contributed by atoms with Crippen LogP contribution in [0.25, 0.3) is 0 Å². The predicted octanol–water partition coefficient (Wildman–Crippen LogP) is 1.79. The van der Waals surface area contributed by atoms with Crippen molar-refractivity contribution in [2.24, 2.45) is 0 Å². The molecule has 3 nitrogen and oxygen atoms in total. The van der Waals surface area contributed by atoms with Gasteiger partial charge in [0, 0.05) is 37.2 Å². The topological polar surface area (TPSA) is 29.9 Å². The number of likely N-dealkylation sites (N-methyl/N-ethyl adjacent to an activating group) is 1. The van der Waals surface area contributed by atoms with Crippen LogP contribution in [0.5, 0.6) is 0 Å². The summed E-state index contributed by atoms with van der Waals surface area (Å²) in [6, 6.07) is 0.530. The van der Waals surface area contributed by atoms with Crippen molar-refractivity contribution in [1.29, 1.82) is 0 Å². The van der Waals surface area contributed by atoms with Gasteiger partial charge >= 0.3 is 0 Å². The third kappa shape index (κ3) is 3.87. The molecule has 1 N–H and O–H groups in total. The van der Waals surface area contributed by atoms with Gasteiger partial charge in [0.25, 0.3) is 0 Å². The number of nitrogens with one attached hydrogen (secondary N) is 1. The summed E-state index contributed by atoms with van der Waals surface area (Å²) in [7, 11) is 2.03. The number of aromatic nitrogens is 2. The molecule has 86 valence electrons. The van der Waals surface area contributed by atoms with Crippen molar-refractivity contribution in [3.8, 4) is 0 Å². The summed E-state index contributed by atoms with van der Waals surface area (Å²) in [6.45, 7) is 5.36. The van der Waals surface area contributed by atoms with Gasteiger partial charge in [-0.2, -0.15) is 11.8 Å². The van der Waals surface area contributed by atoms with E-state index < -0.39 is 0 Å². The summed E-state index contributed by atoms with van der Waals surface area (Å²) >= 11 is 1.98. The Kier molecular flexibility index (Phi) is 5.79. The van der Waals surface area contributed by atoms with E-state index in [1.807, 2.05) is 25.0 Å². The third-order valence-corrected chi connectivity index (χ3v) is 3.55. The minimum Gasteiger partial charge on any atom is -0.335 e. The molecule has 0 saturated heterocycles. The van der Waals surface area contributed by atoms with Crippen molar-refractivity contribution in [3.63, 3.8) is 0 Å². The molecule has 0 fully saturated rings. The maximum Gasteiger partial charge on any atom is 0.110 e.